The van der Waals surface area contributed by atoms with Crippen LogP contribution in [-0.2, 0) is 9.53 Å². The van der Waals surface area contributed by atoms with E-state index in [0.717, 1.165) is 0 Å². The van der Waals surface area contributed by atoms with Crippen LogP contribution in [0.4, 0.5) is 0 Å². The lowest BCUT2D eigenvalue weighted by Crippen LogP contribution is -2.10. The molecule has 6 nitrogen and oxygen atoms in total. The van der Waals surface area contributed by atoms with Crippen molar-refractivity contribution in [2.24, 2.45) is 0 Å². The van der Waals surface area contributed by atoms with Gasteiger partial charge in [0.15, 0.2) is 11.5 Å². The van der Waals surface area contributed by atoms with Gasteiger partial charge in [0.1, 0.15) is 24.7 Å². The number of nitrogens with zero attached hydrogens (tertiary/aromatic N) is 2. The van der Waals surface area contributed by atoms with Gasteiger partial charge < -0.3 is 14.2 Å². The molecule has 1 heterocycles. The van der Waals surface area contributed by atoms with Crippen LogP contribution in [0, 0.1) is 0 Å². The minimum Gasteiger partial charge on any atom is -0.493 e. The SMILES string of the molecule is COc1cc2c(Cl)ncnc2cc1OCCOC(C)=O. The molecule has 0 amide bonds. The third-order valence-electron chi connectivity index (χ3n) is 2.52. The maximum Gasteiger partial charge on any atom is 0.302 e. The molecule has 7 heteroatoms. The highest BCUT2D eigenvalue weighted by Gasteiger charge is 2.10. The molecule has 0 N–H and O–H groups in total. The molecule has 1 aromatic heterocycles. The van der Waals surface area contributed by atoms with Crippen LogP contribution in [0.1, 0.15) is 6.92 Å². The maximum atomic E-state index is 10.7. The normalized spacial score (nSPS) is 10.3. The summed E-state index contributed by atoms with van der Waals surface area (Å²) in [5.74, 6) is 0.664. The van der Waals surface area contributed by atoms with Crippen molar-refractivity contribution in [2.45, 2.75) is 6.92 Å². The summed E-state index contributed by atoms with van der Waals surface area (Å²) in [6, 6.07) is 3.41. The van der Waals surface area contributed by atoms with Crippen LogP contribution in [-0.4, -0.2) is 36.3 Å². The van der Waals surface area contributed by atoms with Gasteiger partial charge in [0, 0.05) is 18.4 Å². The van der Waals surface area contributed by atoms with Crippen molar-refractivity contribution in [3.63, 3.8) is 0 Å². The van der Waals surface area contributed by atoms with Gasteiger partial charge in [-0.1, -0.05) is 11.6 Å². The molecule has 0 bridgehead atoms. The zero-order valence-corrected chi connectivity index (χ0v) is 11.8. The molecule has 0 unspecified atom stereocenters. The number of halogens is 1. The summed E-state index contributed by atoms with van der Waals surface area (Å²) in [5, 5.41) is 1.03. The molecular weight excluding hydrogens is 284 g/mol. The first kappa shape index (κ1) is 14.3. The number of carbonyl (C=O) groups excluding carboxylic acids is 1. The lowest BCUT2D eigenvalue weighted by Gasteiger charge is -2.12. The summed E-state index contributed by atoms with van der Waals surface area (Å²) in [4.78, 5) is 18.7. The topological polar surface area (TPSA) is 70.5 Å². The zero-order valence-electron chi connectivity index (χ0n) is 11.1. The van der Waals surface area contributed by atoms with Crippen molar-refractivity contribution in [3.8, 4) is 11.5 Å². The number of hydrogen-bond acceptors (Lipinski definition) is 6. The Bertz CT molecular complexity index is 633. The van der Waals surface area contributed by atoms with Crippen molar-refractivity contribution >= 4 is 28.5 Å². The summed E-state index contributed by atoms with van der Waals surface area (Å²) in [7, 11) is 1.53. The van der Waals surface area contributed by atoms with Crippen LogP contribution < -0.4 is 9.47 Å². The fraction of sp³-hybridized carbons (Fsp3) is 0.308. The number of hydrogen-bond donors (Lipinski definition) is 0. The van der Waals surface area contributed by atoms with Crippen molar-refractivity contribution in [1.82, 2.24) is 9.97 Å². The Balaban J connectivity index is 2.21. The van der Waals surface area contributed by atoms with Crippen LogP contribution in [0.15, 0.2) is 18.5 Å². The van der Waals surface area contributed by atoms with E-state index < -0.39 is 0 Å². The molecule has 0 aliphatic heterocycles. The largest absolute Gasteiger partial charge is 0.493 e. The average Bonchev–Trinajstić information content (AvgIpc) is 2.43. The van der Waals surface area contributed by atoms with E-state index in [2.05, 4.69) is 9.97 Å². The van der Waals surface area contributed by atoms with Crippen LogP contribution in [0.5, 0.6) is 11.5 Å². The highest BCUT2D eigenvalue weighted by atomic mass is 35.5. The zero-order chi connectivity index (χ0) is 14.5. The van der Waals surface area contributed by atoms with E-state index in [1.807, 2.05) is 0 Å². The summed E-state index contributed by atoms with van der Waals surface area (Å²) in [6.07, 6.45) is 1.37. The number of rotatable bonds is 5. The molecule has 1 aromatic carbocycles. The van der Waals surface area contributed by atoms with Gasteiger partial charge in [0.2, 0.25) is 0 Å². The molecule has 2 aromatic rings. The number of aromatic nitrogens is 2. The molecule has 0 spiro atoms. The molecule has 20 heavy (non-hydrogen) atoms. The van der Waals surface area contributed by atoms with Gasteiger partial charge in [-0.2, -0.15) is 0 Å². The monoisotopic (exact) mass is 296 g/mol. The van der Waals surface area contributed by atoms with Gasteiger partial charge in [0.25, 0.3) is 0 Å². The Kier molecular flexibility index (Phi) is 4.57. The lowest BCUT2D eigenvalue weighted by atomic mass is 10.2. The van der Waals surface area contributed by atoms with E-state index >= 15 is 0 Å². The van der Waals surface area contributed by atoms with Crippen molar-refractivity contribution in [3.05, 3.63) is 23.6 Å². The molecule has 0 saturated heterocycles. The van der Waals surface area contributed by atoms with E-state index in [1.165, 1.54) is 20.4 Å². The van der Waals surface area contributed by atoms with E-state index in [4.69, 9.17) is 25.8 Å². The molecule has 0 aliphatic rings. The highest BCUT2D eigenvalue weighted by molar-refractivity contribution is 6.34. The summed E-state index contributed by atoms with van der Waals surface area (Å²) in [5.41, 5.74) is 0.647. The highest BCUT2D eigenvalue weighted by Crippen LogP contribution is 2.33. The maximum absolute atomic E-state index is 10.7. The third kappa shape index (κ3) is 3.27. The minimum absolute atomic E-state index is 0.168. The second-order valence-electron chi connectivity index (χ2n) is 3.87. The van der Waals surface area contributed by atoms with Gasteiger partial charge in [-0.05, 0) is 6.07 Å². The molecule has 0 aliphatic carbocycles. The summed E-state index contributed by atoms with van der Waals surface area (Å²) < 4.78 is 15.6. The fourth-order valence-electron chi connectivity index (χ4n) is 1.64. The molecule has 106 valence electrons. The van der Waals surface area contributed by atoms with Crippen LogP contribution in [0.2, 0.25) is 5.15 Å². The number of carbonyl (C=O) groups is 1. The Labute approximate surface area is 120 Å². The first-order valence-corrected chi connectivity index (χ1v) is 6.24. The van der Waals surface area contributed by atoms with E-state index in [9.17, 15) is 4.79 Å². The third-order valence-corrected chi connectivity index (χ3v) is 2.82. The van der Waals surface area contributed by atoms with E-state index in [1.54, 1.807) is 12.1 Å². The van der Waals surface area contributed by atoms with Gasteiger partial charge in [0.05, 0.1) is 12.6 Å². The molecule has 0 radical (unpaired) electrons. The molecule has 0 atom stereocenters. The Morgan fingerprint density at radius 2 is 2.05 bits per heavy atom. The number of benzene rings is 1. The number of esters is 1. The lowest BCUT2D eigenvalue weighted by molar-refractivity contribution is -0.141. The average molecular weight is 297 g/mol. The van der Waals surface area contributed by atoms with Crippen molar-refractivity contribution < 1.29 is 19.0 Å². The van der Waals surface area contributed by atoms with E-state index in [0.29, 0.717) is 27.6 Å². The second-order valence-corrected chi connectivity index (χ2v) is 4.23. The van der Waals surface area contributed by atoms with Gasteiger partial charge in [-0.25, -0.2) is 9.97 Å². The Morgan fingerprint density at radius 1 is 1.25 bits per heavy atom. The quantitative estimate of drug-likeness (QED) is 0.479. The molecule has 0 fully saturated rings. The predicted octanol–water partition coefficient (Wildman–Crippen LogP) is 2.23. The van der Waals surface area contributed by atoms with Gasteiger partial charge in [-0.3, -0.25) is 4.79 Å². The van der Waals surface area contributed by atoms with Gasteiger partial charge in [-0.15, -0.1) is 0 Å². The van der Waals surface area contributed by atoms with Crippen LogP contribution in [0.3, 0.4) is 0 Å². The standard InChI is InChI=1S/C13H13ClN2O4/c1-8(17)19-3-4-20-12-6-10-9(5-11(12)18-2)13(14)16-7-15-10/h5-7H,3-4H2,1-2H3. The smallest absolute Gasteiger partial charge is 0.302 e. The second kappa shape index (κ2) is 6.38. The van der Waals surface area contributed by atoms with Crippen molar-refractivity contribution in [1.29, 1.82) is 0 Å². The number of fused-ring (bicyclic) bond motifs is 1. The van der Waals surface area contributed by atoms with Crippen molar-refractivity contribution in [2.75, 3.05) is 20.3 Å². The minimum atomic E-state index is -0.349. The predicted molar refractivity (Wildman–Crippen MR) is 73.2 cm³/mol. The van der Waals surface area contributed by atoms with Crippen LogP contribution in [0.25, 0.3) is 10.9 Å². The first-order chi connectivity index (χ1) is 9.61. The molecule has 0 saturated carbocycles. The molecule has 2 rings (SSSR count). The Morgan fingerprint density at radius 3 is 2.75 bits per heavy atom. The van der Waals surface area contributed by atoms with Crippen LogP contribution >= 0.6 is 11.6 Å². The van der Waals surface area contributed by atoms with E-state index in [-0.39, 0.29) is 19.2 Å². The Hall–Kier alpha value is -2.08. The number of methoxy groups -OCH3 is 1. The summed E-state index contributed by atoms with van der Waals surface area (Å²) >= 11 is 5.99. The summed E-state index contributed by atoms with van der Waals surface area (Å²) in [6.45, 7) is 1.73. The fourth-order valence-corrected chi connectivity index (χ4v) is 1.84. The first-order valence-electron chi connectivity index (χ1n) is 5.86. The number of ether oxygens (including phenoxy) is 3. The molecular formula is C13H13ClN2O4. The van der Waals surface area contributed by atoms with Gasteiger partial charge >= 0.3 is 5.97 Å².